The Morgan fingerprint density at radius 2 is 1.39 bits per heavy atom. The van der Waals surface area contributed by atoms with Crippen molar-refractivity contribution < 1.29 is 30.0 Å². The number of aliphatic hydroxyl groups is 2. The largest absolute Gasteiger partial charge is 0.478 e. The van der Waals surface area contributed by atoms with Gasteiger partial charge in [0.1, 0.15) is 0 Å². The number of hydrogen-bond donors (Lipinski definition) is 4. The Morgan fingerprint density at radius 1 is 0.944 bits per heavy atom. The summed E-state index contributed by atoms with van der Waals surface area (Å²) in [6, 6.07) is 0. The minimum atomic E-state index is -1.50. The molecule has 0 fully saturated rings. The number of aliphatic hydroxyl groups excluding tert-OH is 1. The first-order valence-corrected chi connectivity index (χ1v) is 5.94. The number of rotatable bonds is 9. The molecule has 0 heterocycles. The maximum Gasteiger partial charge on any atom is 0.332 e. The highest BCUT2D eigenvalue weighted by Gasteiger charge is 2.19. The van der Waals surface area contributed by atoms with Gasteiger partial charge in [0.15, 0.2) is 6.29 Å². The van der Waals surface area contributed by atoms with E-state index in [1.807, 2.05) is 6.92 Å². The number of aliphatic carboxylic acids is 2. The molecule has 4 N–H and O–H groups in total. The standard InChI is InChI=1S/C12H20O6/c1-2-3-5-8(11(15)16)9(12(17)18)6-4-7-10(13)14/h10,13-14H,2-7H2,1H3,(H,15,16)(H,17,18). The summed E-state index contributed by atoms with van der Waals surface area (Å²) in [5.41, 5.74) is -0.228. The molecule has 0 rings (SSSR count). The van der Waals surface area contributed by atoms with Crippen LogP contribution in [-0.4, -0.2) is 38.7 Å². The van der Waals surface area contributed by atoms with Crippen molar-refractivity contribution in [3.63, 3.8) is 0 Å². The summed E-state index contributed by atoms with van der Waals surface area (Å²) in [6.45, 7) is 1.89. The van der Waals surface area contributed by atoms with Crippen molar-refractivity contribution in [3.8, 4) is 0 Å². The summed E-state index contributed by atoms with van der Waals surface area (Å²) in [5, 5.41) is 35.4. The van der Waals surface area contributed by atoms with Gasteiger partial charge < -0.3 is 20.4 Å². The van der Waals surface area contributed by atoms with E-state index in [4.69, 9.17) is 20.4 Å². The summed E-state index contributed by atoms with van der Waals surface area (Å²) < 4.78 is 0. The van der Waals surface area contributed by atoms with Gasteiger partial charge >= 0.3 is 11.9 Å². The maximum atomic E-state index is 11.0. The lowest BCUT2D eigenvalue weighted by molar-refractivity contribution is -0.136. The third kappa shape index (κ3) is 6.36. The first-order valence-electron chi connectivity index (χ1n) is 5.94. The van der Waals surface area contributed by atoms with E-state index in [9.17, 15) is 9.59 Å². The van der Waals surface area contributed by atoms with E-state index in [0.717, 1.165) is 6.42 Å². The van der Waals surface area contributed by atoms with Crippen LogP contribution >= 0.6 is 0 Å². The van der Waals surface area contributed by atoms with Crippen molar-refractivity contribution in [1.29, 1.82) is 0 Å². The van der Waals surface area contributed by atoms with Crippen LogP contribution in [0.3, 0.4) is 0 Å². The summed E-state index contributed by atoms with van der Waals surface area (Å²) in [6.07, 6.45) is 0.386. The predicted molar refractivity (Wildman–Crippen MR) is 63.9 cm³/mol. The Kier molecular flexibility index (Phi) is 7.98. The van der Waals surface area contributed by atoms with E-state index < -0.39 is 18.2 Å². The number of hydrogen-bond acceptors (Lipinski definition) is 4. The Balaban J connectivity index is 4.85. The first kappa shape index (κ1) is 16.6. The molecule has 6 nitrogen and oxygen atoms in total. The molecule has 18 heavy (non-hydrogen) atoms. The van der Waals surface area contributed by atoms with Crippen molar-refractivity contribution in [3.05, 3.63) is 11.1 Å². The first-order chi connectivity index (χ1) is 8.40. The SMILES string of the molecule is CCCCC(C(=O)O)=C(CCCC(O)O)C(=O)O. The number of carboxylic acids is 2. The Morgan fingerprint density at radius 3 is 1.72 bits per heavy atom. The van der Waals surface area contributed by atoms with Crippen LogP contribution < -0.4 is 0 Å². The summed E-state index contributed by atoms with van der Waals surface area (Å²) in [7, 11) is 0. The van der Waals surface area contributed by atoms with Gasteiger partial charge in [0.25, 0.3) is 0 Å². The van der Waals surface area contributed by atoms with Gasteiger partial charge in [-0.25, -0.2) is 9.59 Å². The Bertz CT molecular complexity index is 319. The van der Waals surface area contributed by atoms with Crippen LogP contribution in [0.4, 0.5) is 0 Å². The maximum absolute atomic E-state index is 11.0. The molecule has 0 amide bonds. The molecular weight excluding hydrogens is 240 g/mol. The average Bonchev–Trinajstić information content (AvgIpc) is 2.25. The lowest BCUT2D eigenvalue weighted by Gasteiger charge is -2.09. The van der Waals surface area contributed by atoms with Gasteiger partial charge in [0.05, 0.1) is 0 Å². The van der Waals surface area contributed by atoms with Crippen molar-refractivity contribution >= 4 is 11.9 Å². The fourth-order valence-electron chi connectivity index (χ4n) is 1.59. The monoisotopic (exact) mass is 260 g/mol. The van der Waals surface area contributed by atoms with Crippen LogP contribution in [0.25, 0.3) is 0 Å². The van der Waals surface area contributed by atoms with Gasteiger partial charge in [-0.2, -0.15) is 0 Å². The number of carboxylic acid groups (broad SMARTS) is 2. The smallest absolute Gasteiger partial charge is 0.332 e. The van der Waals surface area contributed by atoms with E-state index in [2.05, 4.69) is 0 Å². The van der Waals surface area contributed by atoms with Gasteiger partial charge in [-0.1, -0.05) is 13.3 Å². The van der Waals surface area contributed by atoms with Crippen molar-refractivity contribution in [1.82, 2.24) is 0 Å². The minimum absolute atomic E-state index is 0.0253. The molecule has 6 heteroatoms. The van der Waals surface area contributed by atoms with E-state index in [1.54, 1.807) is 0 Å². The van der Waals surface area contributed by atoms with Gasteiger partial charge in [0.2, 0.25) is 0 Å². The van der Waals surface area contributed by atoms with Crippen molar-refractivity contribution in [2.24, 2.45) is 0 Å². The van der Waals surface area contributed by atoms with Gasteiger partial charge in [-0.15, -0.1) is 0 Å². The molecule has 0 radical (unpaired) electrons. The molecule has 0 aliphatic rings. The minimum Gasteiger partial charge on any atom is -0.478 e. The average molecular weight is 260 g/mol. The lowest BCUT2D eigenvalue weighted by Crippen LogP contribution is -2.13. The summed E-state index contributed by atoms with van der Waals surface area (Å²) in [4.78, 5) is 22.1. The third-order valence-corrected chi connectivity index (χ3v) is 2.55. The molecule has 0 aliphatic carbocycles. The van der Waals surface area contributed by atoms with Crippen LogP contribution in [0, 0.1) is 0 Å². The van der Waals surface area contributed by atoms with Crippen molar-refractivity contribution in [2.45, 2.75) is 51.7 Å². The Hall–Kier alpha value is -1.40. The molecule has 0 atom stereocenters. The van der Waals surface area contributed by atoms with Crippen LogP contribution in [-0.2, 0) is 9.59 Å². The van der Waals surface area contributed by atoms with E-state index in [1.165, 1.54) is 0 Å². The lowest BCUT2D eigenvalue weighted by atomic mass is 9.98. The topological polar surface area (TPSA) is 115 Å². The summed E-state index contributed by atoms with van der Waals surface area (Å²) in [5.74, 6) is -2.47. The number of carbonyl (C=O) groups is 2. The molecular formula is C12H20O6. The molecule has 0 saturated carbocycles. The molecule has 104 valence electrons. The van der Waals surface area contributed by atoms with E-state index >= 15 is 0 Å². The van der Waals surface area contributed by atoms with E-state index in [0.29, 0.717) is 6.42 Å². The molecule has 0 aliphatic heterocycles. The molecule has 0 unspecified atom stereocenters. The highest BCUT2D eigenvalue weighted by molar-refractivity contribution is 5.98. The molecule has 0 aromatic heterocycles. The normalized spacial score (nSPS) is 12.4. The zero-order valence-corrected chi connectivity index (χ0v) is 10.4. The zero-order chi connectivity index (χ0) is 14.1. The second-order valence-electron chi connectivity index (χ2n) is 4.04. The molecule has 0 bridgehead atoms. The van der Waals surface area contributed by atoms with Gasteiger partial charge in [-0.05, 0) is 32.1 Å². The third-order valence-electron chi connectivity index (χ3n) is 2.55. The molecule has 0 spiro atoms. The van der Waals surface area contributed by atoms with Crippen LogP contribution in [0.1, 0.15) is 45.4 Å². The highest BCUT2D eigenvalue weighted by atomic mass is 16.5. The number of unbranched alkanes of at least 4 members (excludes halogenated alkanes) is 1. The Labute approximate surface area is 106 Å². The second kappa shape index (κ2) is 8.66. The second-order valence-corrected chi connectivity index (χ2v) is 4.04. The highest BCUT2D eigenvalue weighted by Crippen LogP contribution is 2.19. The molecule has 0 aromatic carbocycles. The van der Waals surface area contributed by atoms with Crippen molar-refractivity contribution in [2.75, 3.05) is 0 Å². The molecule has 0 saturated heterocycles. The fourth-order valence-corrected chi connectivity index (χ4v) is 1.59. The quantitative estimate of drug-likeness (QED) is 0.365. The fraction of sp³-hybridized carbons (Fsp3) is 0.667. The zero-order valence-electron chi connectivity index (χ0n) is 10.4. The van der Waals surface area contributed by atoms with Crippen LogP contribution in [0.2, 0.25) is 0 Å². The van der Waals surface area contributed by atoms with Crippen LogP contribution in [0.5, 0.6) is 0 Å². The predicted octanol–water partition coefficient (Wildman–Crippen LogP) is 1.12. The van der Waals surface area contributed by atoms with Gasteiger partial charge in [-0.3, -0.25) is 0 Å². The van der Waals surface area contributed by atoms with Gasteiger partial charge in [0, 0.05) is 11.1 Å². The summed E-state index contributed by atoms with van der Waals surface area (Å²) >= 11 is 0. The molecule has 0 aromatic rings. The van der Waals surface area contributed by atoms with Crippen LogP contribution in [0.15, 0.2) is 11.1 Å². The van der Waals surface area contributed by atoms with E-state index in [-0.39, 0.29) is 36.8 Å².